The number of anilines is 1. The van der Waals surface area contributed by atoms with E-state index >= 15 is 0 Å². The molecule has 0 spiro atoms. The maximum atomic E-state index is 4.06. The van der Waals surface area contributed by atoms with E-state index in [0.29, 0.717) is 0 Å². The van der Waals surface area contributed by atoms with E-state index in [1.165, 1.54) is 0 Å². The van der Waals surface area contributed by atoms with Gasteiger partial charge in [-0.3, -0.25) is 4.90 Å². The van der Waals surface area contributed by atoms with Crippen LogP contribution < -0.4 is 4.90 Å². The van der Waals surface area contributed by atoms with Crippen LogP contribution in [0.15, 0.2) is 18.3 Å². The molecule has 4 nitrogen and oxygen atoms in total. The number of hydrogen-bond acceptors (Lipinski definition) is 4. The molecular formula is C9H13N4. The monoisotopic (exact) mass is 177 g/mol. The van der Waals surface area contributed by atoms with Crippen LogP contribution in [0.1, 0.15) is 0 Å². The second-order valence-electron chi connectivity index (χ2n) is 3.19. The van der Waals surface area contributed by atoms with Crippen LogP contribution in [0.5, 0.6) is 0 Å². The first-order valence-electron chi connectivity index (χ1n) is 4.44. The Labute approximate surface area is 78.2 Å². The molecule has 1 radical (unpaired) electrons. The minimum atomic E-state index is 0.968. The van der Waals surface area contributed by atoms with Crippen LogP contribution in [0, 0.1) is 7.05 Å². The predicted octanol–water partition coefficient (Wildman–Crippen LogP) is 0.390. The van der Waals surface area contributed by atoms with Crippen molar-refractivity contribution in [1.29, 1.82) is 0 Å². The molecule has 1 aliphatic rings. The zero-order valence-corrected chi connectivity index (χ0v) is 7.56. The number of nitrogens with zero attached hydrogens (tertiary/aromatic N) is 4. The molecule has 0 aromatic carbocycles. The van der Waals surface area contributed by atoms with Crippen molar-refractivity contribution in [2.45, 2.75) is 0 Å². The van der Waals surface area contributed by atoms with Gasteiger partial charge in [0.15, 0.2) is 5.82 Å². The lowest BCUT2D eigenvalue weighted by Gasteiger charge is -2.32. The molecular weight excluding hydrogens is 164 g/mol. The van der Waals surface area contributed by atoms with Gasteiger partial charge in [0.05, 0.1) is 0 Å². The minimum absolute atomic E-state index is 0.968. The van der Waals surface area contributed by atoms with Gasteiger partial charge in [0.1, 0.15) is 0 Å². The molecule has 1 aliphatic heterocycles. The van der Waals surface area contributed by atoms with Gasteiger partial charge in [0.2, 0.25) is 0 Å². The second-order valence-corrected chi connectivity index (χ2v) is 3.19. The van der Waals surface area contributed by atoms with Crippen molar-refractivity contribution in [1.82, 2.24) is 15.1 Å². The smallest absolute Gasteiger partial charge is 0.151 e. The number of hydrogen-bond donors (Lipinski definition) is 0. The number of piperazine rings is 1. The first kappa shape index (κ1) is 8.44. The topological polar surface area (TPSA) is 32.3 Å². The molecule has 0 N–H and O–H groups in total. The Balaban J connectivity index is 2.03. The van der Waals surface area contributed by atoms with Crippen molar-refractivity contribution in [2.24, 2.45) is 0 Å². The normalized spacial score (nSPS) is 19.0. The van der Waals surface area contributed by atoms with Gasteiger partial charge in [-0.05, 0) is 12.1 Å². The Morgan fingerprint density at radius 1 is 1.23 bits per heavy atom. The van der Waals surface area contributed by atoms with Gasteiger partial charge >= 0.3 is 0 Å². The molecule has 0 amide bonds. The average Bonchev–Trinajstić information content (AvgIpc) is 2.20. The summed E-state index contributed by atoms with van der Waals surface area (Å²) in [4.78, 5) is 4.31. The Kier molecular flexibility index (Phi) is 2.40. The summed E-state index contributed by atoms with van der Waals surface area (Å²) in [7, 11) is 3.90. The Morgan fingerprint density at radius 2 is 2.00 bits per heavy atom. The molecule has 0 saturated carbocycles. The standard InChI is InChI=1S/C9H13N4/c1-12-5-7-13(8-6-12)9-3-2-4-10-11-9/h2-4H,1,5-8H2. The summed E-state index contributed by atoms with van der Waals surface area (Å²) in [6.45, 7) is 3.97. The van der Waals surface area contributed by atoms with E-state index in [-0.39, 0.29) is 0 Å². The predicted molar refractivity (Wildman–Crippen MR) is 51.2 cm³/mol. The first-order chi connectivity index (χ1) is 6.36. The highest BCUT2D eigenvalue weighted by atomic mass is 15.3. The molecule has 0 unspecified atom stereocenters. The van der Waals surface area contributed by atoms with Crippen LogP contribution >= 0.6 is 0 Å². The van der Waals surface area contributed by atoms with Crippen molar-refractivity contribution < 1.29 is 0 Å². The summed E-state index contributed by atoms with van der Waals surface area (Å²) >= 11 is 0. The second kappa shape index (κ2) is 3.70. The lowest BCUT2D eigenvalue weighted by atomic mass is 10.3. The summed E-state index contributed by atoms with van der Waals surface area (Å²) in [5, 5.41) is 7.92. The molecule has 13 heavy (non-hydrogen) atoms. The van der Waals surface area contributed by atoms with Gasteiger partial charge in [-0.1, -0.05) is 0 Å². The maximum absolute atomic E-state index is 4.06. The van der Waals surface area contributed by atoms with Crippen LogP contribution in [0.2, 0.25) is 0 Å². The van der Waals surface area contributed by atoms with Crippen molar-refractivity contribution in [3.8, 4) is 0 Å². The largest absolute Gasteiger partial charge is 0.353 e. The van der Waals surface area contributed by atoms with Gasteiger partial charge in [-0.25, -0.2) is 0 Å². The zero-order valence-electron chi connectivity index (χ0n) is 7.56. The lowest BCUT2D eigenvalue weighted by Crippen LogP contribution is -2.44. The van der Waals surface area contributed by atoms with Crippen molar-refractivity contribution >= 4 is 5.82 Å². The van der Waals surface area contributed by atoms with Gasteiger partial charge < -0.3 is 4.90 Å². The molecule has 69 valence electrons. The molecule has 2 heterocycles. The van der Waals surface area contributed by atoms with Gasteiger partial charge in [-0.15, -0.1) is 5.10 Å². The van der Waals surface area contributed by atoms with Gasteiger partial charge in [0, 0.05) is 39.4 Å². The summed E-state index contributed by atoms with van der Waals surface area (Å²) in [6, 6.07) is 3.91. The Bertz CT molecular complexity index is 254. The Morgan fingerprint density at radius 3 is 2.62 bits per heavy atom. The van der Waals surface area contributed by atoms with Crippen LogP contribution in [0.25, 0.3) is 0 Å². The quantitative estimate of drug-likeness (QED) is 0.621. The molecule has 0 atom stereocenters. The molecule has 1 saturated heterocycles. The third kappa shape index (κ3) is 1.95. The van der Waals surface area contributed by atoms with Gasteiger partial charge in [0.25, 0.3) is 0 Å². The van der Waals surface area contributed by atoms with Crippen molar-refractivity contribution in [2.75, 3.05) is 31.1 Å². The van der Waals surface area contributed by atoms with E-state index in [9.17, 15) is 0 Å². The minimum Gasteiger partial charge on any atom is -0.353 e. The van der Waals surface area contributed by atoms with Crippen LogP contribution in [0.4, 0.5) is 5.82 Å². The molecule has 0 bridgehead atoms. The number of rotatable bonds is 1. The van der Waals surface area contributed by atoms with E-state index in [1.54, 1.807) is 6.20 Å². The zero-order chi connectivity index (χ0) is 9.10. The summed E-state index contributed by atoms with van der Waals surface area (Å²) in [5.41, 5.74) is 0. The van der Waals surface area contributed by atoms with Crippen LogP contribution in [-0.4, -0.2) is 41.3 Å². The van der Waals surface area contributed by atoms with E-state index in [2.05, 4.69) is 27.0 Å². The third-order valence-electron chi connectivity index (χ3n) is 2.25. The average molecular weight is 177 g/mol. The van der Waals surface area contributed by atoms with E-state index in [4.69, 9.17) is 0 Å². The summed E-state index contributed by atoms with van der Waals surface area (Å²) in [5.74, 6) is 0.968. The third-order valence-corrected chi connectivity index (χ3v) is 2.25. The first-order valence-corrected chi connectivity index (χ1v) is 4.44. The molecule has 0 aliphatic carbocycles. The molecule has 1 aromatic heterocycles. The molecule has 4 heteroatoms. The van der Waals surface area contributed by atoms with Crippen LogP contribution in [0.3, 0.4) is 0 Å². The highest BCUT2D eigenvalue weighted by Crippen LogP contribution is 2.10. The fourth-order valence-electron chi connectivity index (χ4n) is 1.44. The summed E-state index contributed by atoms with van der Waals surface area (Å²) in [6.07, 6.45) is 1.70. The van der Waals surface area contributed by atoms with E-state index < -0.39 is 0 Å². The maximum Gasteiger partial charge on any atom is 0.151 e. The summed E-state index contributed by atoms with van der Waals surface area (Å²) < 4.78 is 0. The Hall–Kier alpha value is -1.16. The lowest BCUT2D eigenvalue weighted by molar-refractivity contribution is 0.343. The molecule has 1 aromatic rings. The molecule has 2 rings (SSSR count). The van der Waals surface area contributed by atoms with E-state index in [0.717, 1.165) is 32.0 Å². The van der Waals surface area contributed by atoms with Crippen LogP contribution in [-0.2, 0) is 0 Å². The van der Waals surface area contributed by atoms with Gasteiger partial charge in [-0.2, -0.15) is 5.10 Å². The fraction of sp³-hybridized carbons (Fsp3) is 0.444. The highest BCUT2D eigenvalue weighted by molar-refractivity contribution is 5.36. The van der Waals surface area contributed by atoms with Crippen molar-refractivity contribution in [3.63, 3.8) is 0 Å². The highest BCUT2D eigenvalue weighted by Gasteiger charge is 2.14. The fourth-order valence-corrected chi connectivity index (χ4v) is 1.44. The SMILES string of the molecule is [CH2]N1CCN(c2cccnn2)CC1. The number of aromatic nitrogens is 2. The van der Waals surface area contributed by atoms with E-state index in [1.807, 2.05) is 12.1 Å². The molecule has 1 fully saturated rings. The van der Waals surface area contributed by atoms with Crippen molar-refractivity contribution in [3.05, 3.63) is 25.4 Å².